The maximum absolute atomic E-state index is 13.1. The number of anilines is 1. The van der Waals surface area contributed by atoms with Crippen molar-refractivity contribution < 1.29 is 9.59 Å². The van der Waals surface area contributed by atoms with Gasteiger partial charge in [-0.05, 0) is 43.0 Å². The van der Waals surface area contributed by atoms with Crippen LogP contribution in [0.25, 0.3) is 0 Å². The third-order valence-electron chi connectivity index (χ3n) is 5.97. The van der Waals surface area contributed by atoms with Crippen LogP contribution in [0.5, 0.6) is 0 Å². The minimum atomic E-state index is -0.742. The van der Waals surface area contributed by atoms with Crippen molar-refractivity contribution in [3.8, 4) is 0 Å². The predicted molar refractivity (Wildman–Crippen MR) is 121 cm³/mol. The van der Waals surface area contributed by atoms with E-state index in [1.807, 2.05) is 39.1 Å². The highest BCUT2D eigenvalue weighted by atomic mass is 16.2. The van der Waals surface area contributed by atoms with Crippen molar-refractivity contribution in [3.05, 3.63) is 82.0 Å². The topological polar surface area (TPSA) is 76.0 Å². The number of fused-ring (bicyclic) bond motifs is 1. The molecule has 1 aromatic heterocycles. The molecule has 3 aromatic rings. The number of nitrogens with zero attached hydrogens (tertiary/aromatic N) is 2. The molecule has 1 aliphatic rings. The largest absolute Gasteiger partial charge is 0.339 e. The van der Waals surface area contributed by atoms with Crippen LogP contribution in [0.2, 0.25) is 0 Å². The number of carbonyl (C=O) groups is 2. The standard InChI is InChI=1S/C25H28N4O2/c1-14(2)17-9-11-18(12-10-17)21-20-16(4)28-29(5)23(20)27-25(31)22(21)26-24(30)19-8-6-7-15(3)13-19/h6-14,21-22H,1-5H3,(H,26,30)(H,27,31)/t21-,22-/m0/s1. The summed E-state index contributed by atoms with van der Waals surface area (Å²) in [5.74, 6) is 0.261. The van der Waals surface area contributed by atoms with Crippen molar-refractivity contribution in [2.75, 3.05) is 5.32 Å². The molecule has 6 nitrogen and oxygen atoms in total. The zero-order valence-electron chi connectivity index (χ0n) is 18.6. The molecule has 1 aliphatic heterocycles. The van der Waals surface area contributed by atoms with Crippen molar-refractivity contribution in [3.63, 3.8) is 0 Å². The Labute approximate surface area is 182 Å². The maximum Gasteiger partial charge on any atom is 0.251 e. The summed E-state index contributed by atoms with van der Waals surface area (Å²) in [4.78, 5) is 26.2. The third kappa shape index (κ3) is 3.85. The average molecular weight is 417 g/mol. The minimum Gasteiger partial charge on any atom is -0.339 e. The van der Waals surface area contributed by atoms with Crippen LogP contribution >= 0.6 is 0 Å². The molecule has 6 heteroatoms. The molecule has 4 rings (SSSR count). The van der Waals surface area contributed by atoms with Gasteiger partial charge in [-0.1, -0.05) is 55.8 Å². The quantitative estimate of drug-likeness (QED) is 0.674. The highest BCUT2D eigenvalue weighted by Gasteiger charge is 2.41. The van der Waals surface area contributed by atoms with Gasteiger partial charge >= 0.3 is 0 Å². The summed E-state index contributed by atoms with van der Waals surface area (Å²) in [5.41, 5.74) is 5.51. The summed E-state index contributed by atoms with van der Waals surface area (Å²) < 4.78 is 1.69. The van der Waals surface area contributed by atoms with Gasteiger partial charge in [0.2, 0.25) is 5.91 Å². The molecule has 0 fully saturated rings. The van der Waals surface area contributed by atoms with E-state index >= 15 is 0 Å². The van der Waals surface area contributed by atoms with Crippen molar-refractivity contribution >= 4 is 17.6 Å². The van der Waals surface area contributed by atoms with Crippen LogP contribution in [0, 0.1) is 13.8 Å². The number of nitrogens with one attached hydrogen (secondary N) is 2. The summed E-state index contributed by atoms with van der Waals surface area (Å²) in [6, 6.07) is 14.9. The van der Waals surface area contributed by atoms with Gasteiger partial charge in [-0.2, -0.15) is 5.10 Å². The molecule has 0 saturated carbocycles. The number of carbonyl (C=O) groups excluding carboxylic acids is 2. The van der Waals surface area contributed by atoms with Crippen LogP contribution in [0.1, 0.15) is 64.0 Å². The van der Waals surface area contributed by atoms with Gasteiger partial charge in [-0.25, -0.2) is 0 Å². The molecule has 2 aromatic carbocycles. The highest BCUT2D eigenvalue weighted by Crippen LogP contribution is 2.39. The molecular weight excluding hydrogens is 388 g/mol. The molecule has 2 amide bonds. The van der Waals surface area contributed by atoms with Crippen LogP contribution in [0.4, 0.5) is 5.82 Å². The SMILES string of the molecule is Cc1cccc(C(=O)N[C@@H]2C(=O)Nc3c(c(C)nn3C)[C@@H]2c2ccc(C(C)C)cc2)c1. The summed E-state index contributed by atoms with van der Waals surface area (Å²) in [5, 5.41) is 10.5. The Morgan fingerprint density at radius 1 is 1.13 bits per heavy atom. The van der Waals surface area contributed by atoms with E-state index in [1.54, 1.807) is 10.7 Å². The van der Waals surface area contributed by atoms with Gasteiger partial charge in [0.1, 0.15) is 11.9 Å². The Morgan fingerprint density at radius 2 is 1.84 bits per heavy atom. The summed E-state index contributed by atoms with van der Waals surface area (Å²) in [7, 11) is 1.82. The fourth-order valence-electron chi connectivity index (χ4n) is 4.31. The number of aromatic nitrogens is 2. The van der Waals surface area contributed by atoms with E-state index in [4.69, 9.17) is 0 Å². The summed E-state index contributed by atoms with van der Waals surface area (Å²) >= 11 is 0. The highest BCUT2D eigenvalue weighted by molar-refractivity contribution is 6.04. The number of aryl methyl sites for hydroxylation is 3. The normalized spacial score (nSPS) is 17.9. The molecule has 0 aliphatic carbocycles. The Bertz CT molecular complexity index is 1140. The number of rotatable bonds is 4. The van der Waals surface area contributed by atoms with Crippen molar-refractivity contribution in [2.24, 2.45) is 7.05 Å². The predicted octanol–water partition coefficient (Wildman–Crippen LogP) is 4.04. The van der Waals surface area contributed by atoms with Gasteiger partial charge in [0, 0.05) is 24.1 Å². The van der Waals surface area contributed by atoms with Crippen LogP contribution < -0.4 is 10.6 Å². The lowest BCUT2D eigenvalue weighted by molar-refractivity contribution is -0.118. The van der Waals surface area contributed by atoms with Gasteiger partial charge in [0.25, 0.3) is 5.91 Å². The number of hydrogen-bond acceptors (Lipinski definition) is 3. The number of hydrogen-bond donors (Lipinski definition) is 2. The van der Waals surface area contributed by atoms with E-state index in [9.17, 15) is 9.59 Å². The van der Waals surface area contributed by atoms with E-state index < -0.39 is 6.04 Å². The number of benzene rings is 2. The molecule has 2 atom stereocenters. The lowest BCUT2D eigenvalue weighted by atomic mass is 9.81. The Hall–Kier alpha value is -3.41. The van der Waals surface area contributed by atoms with E-state index in [-0.39, 0.29) is 17.7 Å². The van der Waals surface area contributed by atoms with Gasteiger partial charge in [-0.3, -0.25) is 14.3 Å². The first-order valence-corrected chi connectivity index (χ1v) is 10.6. The Balaban J connectivity index is 1.77. The molecule has 160 valence electrons. The molecule has 2 N–H and O–H groups in total. The van der Waals surface area contributed by atoms with E-state index in [0.717, 1.165) is 22.4 Å². The first-order chi connectivity index (χ1) is 14.8. The van der Waals surface area contributed by atoms with Crippen molar-refractivity contribution in [2.45, 2.75) is 45.6 Å². The second kappa shape index (κ2) is 8.02. The van der Waals surface area contributed by atoms with Crippen LogP contribution in [-0.2, 0) is 11.8 Å². The molecule has 2 heterocycles. The average Bonchev–Trinajstić information content (AvgIpc) is 3.01. The van der Waals surface area contributed by atoms with Crippen LogP contribution in [-0.4, -0.2) is 27.6 Å². The lowest BCUT2D eigenvalue weighted by Crippen LogP contribution is -2.50. The fraction of sp³-hybridized carbons (Fsp3) is 0.320. The van der Waals surface area contributed by atoms with E-state index in [0.29, 0.717) is 17.3 Å². The van der Waals surface area contributed by atoms with Gasteiger partial charge in [0.15, 0.2) is 0 Å². The van der Waals surface area contributed by atoms with E-state index in [2.05, 4.69) is 53.8 Å². The van der Waals surface area contributed by atoms with Crippen molar-refractivity contribution in [1.29, 1.82) is 0 Å². The maximum atomic E-state index is 13.1. The molecule has 0 unspecified atom stereocenters. The summed E-state index contributed by atoms with van der Waals surface area (Å²) in [6.07, 6.45) is 0. The Morgan fingerprint density at radius 3 is 2.48 bits per heavy atom. The first kappa shape index (κ1) is 20.8. The van der Waals surface area contributed by atoms with Crippen LogP contribution in [0.15, 0.2) is 48.5 Å². The fourth-order valence-corrected chi connectivity index (χ4v) is 4.31. The first-order valence-electron chi connectivity index (χ1n) is 10.6. The molecule has 0 spiro atoms. The molecule has 0 bridgehead atoms. The monoisotopic (exact) mass is 416 g/mol. The van der Waals surface area contributed by atoms with Gasteiger partial charge in [0.05, 0.1) is 5.69 Å². The van der Waals surface area contributed by atoms with Gasteiger partial charge < -0.3 is 10.6 Å². The molecular formula is C25H28N4O2. The van der Waals surface area contributed by atoms with Gasteiger partial charge in [-0.15, -0.1) is 0 Å². The molecule has 0 radical (unpaired) electrons. The number of amides is 2. The zero-order valence-corrected chi connectivity index (χ0v) is 18.6. The lowest BCUT2D eigenvalue weighted by Gasteiger charge is -2.32. The second-order valence-electron chi connectivity index (χ2n) is 8.58. The summed E-state index contributed by atoms with van der Waals surface area (Å²) in [6.45, 7) is 8.17. The zero-order chi connectivity index (χ0) is 22.3. The minimum absolute atomic E-state index is 0.241. The Kier molecular flexibility index (Phi) is 5.39. The second-order valence-corrected chi connectivity index (χ2v) is 8.58. The molecule has 0 saturated heterocycles. The smallest absolute Gasteiger partial charge is 0.251 e. The molecule has 31 heavy (non-hydrogen) atoms. The van der Waals surface area contributed by atoms with Crippen LogP contribution in [0.3, 0.4) is 0 Å². The third-order valence-corrected chi connectivity index (χ3v) is 5.97. The van der Waals surface area contributed by atoms with Crippen molar-refractivity contribution in [1.82, 2.24) is 15.1 Å². The van der Waals surface area contributed by atoms with E-state index in [1.165, 1.54) is 5.56 Å².